The molecule has 2 rings (SSSR count). The highest BCUT2D eigenvalue weighted by Crippen LogP contribution is 2.23. The fraction of sp³-hybridized carbons (Fsp3) is 0.412. The molecule has 0 aromatic heterocycles. The number of rotatable bonds is 9. The number of nitrogens with zero attached hydrogens (tertiary/aromatic N) is 1. The number of nitrogens with two attached hydrogens (primary N) is 1. The molecule has 0 bridgehead atoms. The Labute approximate surface area is 144 Å². The van der Waals surface area contributed by atoms with Crippen LogP contribution >= 0.6 is 0 Å². The molecule has 1 aliphatic rings. The Bertz CT molecular complexity index is 667. The van der Waals surface area contributed by atoms with E-state index in [1.807, 2.05) is 0 Å². The third kappa shape index (κ3) is 4.21. The number of hydrogen-bond acceptors (Lipinski definition) is 5. The minimum absolute atomic E-state index is 0.155. The highest BCUT2D eigenvalue weighted by Gasteiger charge is 2.34. The van der Waals surface area contributed by atoms with Crippen molar-refractivity contribution in [3.63, 3.8) is 0 Å². The predicted octanol–water partition coefficient (Wildman–Crippen LogP) is 0.956. The average Bonchev–Trinajstić information content (AvgIpc) is 2.82. The number of imide groups is 1. The van der Waals surface area contributed by atoms with Crippen LogP contribution in [0.25, 0.3) is 0 Å². The highest BCUT2D eigenvalue weighted by atomic mass is 16.4. The SMILES string of the molecule is N[C@@H](CC(CCCCN1C(=O)c2ccccc2C1=O)C(=O)O)C(=O)O. The van der Waals surface area contributed by atoms with Gasteiger partial charge in [0.1, 0.15) is 6.04 Å². The lowest BCUT2D eigenvalue weighted by atomic mass is 9.94. The van der Waals surface area contributed by atoms with E-state index in [1.165, 1.54) is 0 Å². The largest absolute Gasteiger partial charge is 0.481 e. The average molecular weight is 348 g/mol. The molecule has 134 valence electrons. The molecular formula is C17H20N2O6. The molecule has 1 heterocycles. The zero-order valence-corrected chi connectivity index (χ0v) is 13.6. The van der Waals surface area contributed by atoms with E-state index in [9.17, 15) is 19.2 Å². The molecule has 0 saturated carbocycles. The van der Waals surface area contributed by atoms with Crippen LogP contribution in [0.4, 0.5) is 0 Å². The van der Waals surface area contributed by atoms with Gasteiger partial charge < -0.3 is 15.9 Å². The van der Waals surface area contributed by atoms with Gasteiger partial charge in [-0.15, -0.1) is 0 Å². The van der Waals surface area contributed by atoms with Crippen molar-refractivity contribution in [3.8, 4) is 0 Å². The Balaban J connectivity index is 1.84. The quantitative estimate of drug-likeness (QED) is 0.446. The van der Waals surface area contributed by atoms with Crippen molar-refractivity contribution in [1.29, 1.82) is 0 Å². The van der Waals surface area contributed by atoms with Gasteiger partial charge in [-0.3, -0.25) is 24.1 Å². The van der Waals surface area contributed by atoms with E-state index in [0.717, 1.165) is 4.90 Å². The summed E-state index contributed by atoms with van der Waals surface area (Å²) in [7, 11) is 0. The molecule has 0 radical (unpaired) electrons. The molecule has 1 aromatic carbocycles. The number of carboxylic acids is 2. The maximum absolute atomic E-state index is 12.2. The van der Waals surface area contributed by atoms with Crippen LogP contribution in [0.3, 0.4) is 0 Å². The van der Waals surface area contributed by atoms with Crippen molar-refractivity contribution in [2.75, 3.05) is 6.54 Å². The van der Waals surface area contributed by atoms with Crippen molar-refractivity contribution in [3.05, 3.63) is 35.4 Å². The van der Waals surface area contributed by atoms with Gasteiger partial charge >= 0.3 is 11.9 Å². The zero-order valence-electron chi connectivity index (χ0n) is 13.6. The summed E-state index contributed by atoms with van der Waals surface area (Å²) >= 11 is 0. The van der Waals surface area contributed by atoms with E-state index in [0.29, 0.717) is 24.0 Å². The van der Waals surface area contributed by atoms with Gasteiger partial charge in [-0.05, 0) is 31.4 Å². The second-order valence-electron chi connectivity index (χ2n) is 6.02. The van der Waals surface area contributed by atoms with Crippen molar-refractivity contribution >= 4 is 23.8 Å². The van der Waals surface area contributed by atoms with Crippen LogP contribution in [0.15, 0.2) is 24.3 Å². The van der Waals surface area contributed by atoms with Crippen molar-refractivity contribution in [2.24, 2.45) is 11.7 Å². The first-order valence-electron chi connectivity index (χ1n) is 7.99. The summed E-state index contributed by atoms with van der Waals surface area (Å²) in [5.74, 6) is -3.89. The van der Waals surface area contributed by atoms with Crippen LogP contribution in [-0.4, -0.2) is 51.5 Å². The highest BCUT2D eigenvalue weighted by molar-refractivity contribution is 6.21. The standard InChI is InChI=1S/C17H20N2O6/c18-13(17(24)25)9-10(16(22)23)5-3-4-8-19-14(20)11-6-1-2-7-12(11)15(19)21/h1-2,6-7,10,13H,3-5,8-9,18H2,(H,22,23)(H,24,25)/t10?,13-/m0/s1. The maximum atomic E-state index is 12.2. The molecule has 2 amide bonds. The Hall–Kier alpha value is -2.74. The van der Waals surface area contributed by atoms with Gasteiger partial charge in [0.05, 0.1) is 17.0 Å². The van der Waals surface area contributed by atoms with Gasteiger partial charge in [-0.1, -0.05) is 18.6 Å². The monoisotopic (exact) mass is 348 g/mol. The van der Waals surface area contributed by atoms with Crippen LogP contribution in [0.1, 0.15) is 46.4 Å². The Kier molecular flexibility index (Phi) is 5.87. The van der Waals surface area contributed by atoms with Crippen LogP contribution < -0.4 is 5.73 Å². The molecule has 8 heteroatoms. The normalized spacial score (nSPS) is 15.8. The third-order valence-corrected chi connectivity index (χ3v) is 4.27. The molecule has 0 aliphatic carbocycles. The first-order chi connectivity index (χ1) is 11.8. The maximum Gasteiger partial charge on any atom is 0.320 e. The van der Waals surface area contributed by atoms with E-state index in [-0.39, 0.29) is 31.2 Å². The number of hydrogen-bond donors (Lipinski definition) is 3. The number of carbonyl (C=O) groups is 4. The van der Waals surface area contributed by atoms with Gasteiger partial charge in [0, 0.05) is 6.54 Å². The first kappa shape index (κ1) is 18.6. The first-order valence-corrected chi connectivity index (χ1v) is 7.99. The zero-order chi connectivity index (χ0) is 18.6. The summed E-state index contributed by atoms with van der Waals surface area (Å²) in [6.45, 7) is 0.198. The molecule has 1 unspecified atom stereocenters. The predicted molar refractivity (Wildman–Crippen MR) is 87.0 cm³/mol. The van der Waals surface area contributed by atoms with Gasteiger partial charge in [0.25, 0.3) is 11.8 Å². The smallest absolute Gasteiger partial charge is 0.320 e. The van der Waals surface area contributed by atoms with E-state index in [2.05, 4.69) is 0 Å². The van der Waals surface area contributed by atoms with Gasteiger partial charge in [0.2, 0.25) is 0 Å². The number of unbranched alkanes of at least 4 members (excludes halogenated alkanes) is 1. The second kappa shape index (κ2) is 7.89. The minimum atomic E-state index is -1.24. The fourth-order valence-corrected chi connectivity index (χ4v) is 2.85. The number of fused-ring (bicyclic) bond motifs is 1. The summed E-state index contributed by atoms with van der Waals surface area (Å²) < 4.78 is 0. The molecule has 0 fully saturated rings. The van der Waals surface area contributed by atoms with Gasteiger partial charge in [-0.25, -0.2) is 0 Å². The van der Waals surface area contributed by atoms with Gasteiger partial charge in [0.15, 0.2) is 0 Å². The second-order valence-corrected chi connectivity index (χ2v) is 6.02. The summed E-state index contributed by atoms with van der Waals surface area (Å²) in [4.78, 5) is 47.5. The number of aliphatic carboxylic acids is 2. The van der Waals surface area contributed by atoms with Crippen LogP contribution in [0.2, 0.25) is 0 Å². The lowest BCUT2D eigenvalue weighted by molar-refractivity contribution is -0.143. The Morgan fingerprint density at radius 2 is 1.56 bits per heavy atom. The summed E-state index contributed by atoms with van der Waals surface area (Å²) in [6.07, 6.45) is 0.964. The molecule has 1 aromatic rings. The van der Waals surface area contributed by atoms with E-state index in [4.69, 9.17) is 15.9 Å². The summed E-state index contributed by atoms with van der Waals surface area (Å²) in [6, 6.07) is 5.36. The lowest BCUT2D eigenvalue weighted by Crippen LogP contribution is -2.34. The minimum Gasteiger partial charge on any atom is -0.481 e. The number of benzene rings is 1. The molecule has 1 aliphatic heterocycles. The molecule has 4 N–H and O–H groups in total. The molecule has 2 atom stereocenters. The van der Waals surface area contributed by atoms with Crippen LogP contribution in [0.5, 0.6) is 0 Å². The molecule has 0 spiro atoms. The number of carboxylic acid groups (broad SMARTS) is 2. The van der Waals surface area contributed by atoms with E-state index < -0.39 is 23.9 Å². The fourth-order valence-electron chi connectivity index (χ4n) is 2.85. The third-order valence-electron chi connectivity index (χ3n) is 4.27. The topological polar surface area (TPSA) is 138 Å². The van der Waals surface area contributed by atoms with Crippen LogP contribution in [-0.2, 0) is 9.59 Å². The van der Waals surface area contributed by atoms with Crippen LogP contribution in [0, 0.1) is 5.92 Å². The Morgan fingerprint density at radius 1 is 1.00 bits per heavy atom. The number of carbonyl (C=O) groups excluding carboxylic acids is 2. The molecule has 25 heavy (non-hydrogen) atoms. The lowest BCUT2D eigenvalue weighted by Gasteiger charge is -2.16. The summed E-state index contributed by atoms with van der Waals surface area (Å²) in [5, 5.41) is 17.9. The van der Waals surface area contributed by atoms with E-state index in [1.54, 1.807) is 24.3 Å². The molecule has 0 saturated heterocycles. The Morgan fingerprint density at radius 3 is 2.04 bits per heavy atom. The number of amides is 2. The van der Waals surface area contributed by atoms with Gasteiger partial charge in [-0.2, -0.15) is 0 Å². The molecule has 8 nitrogen and oxygen atoms in total. The molecular weight excluding hydrogens is 328 g/mol. The van der Waals surface area contributed by atoms with E-state index >= 15 is 0 Å². The summed E-state index contributed by atoms with van der Waals surface area (Å²) in [5.41, 5.74) is 6.14. The van der Waals surface area contributed by atoms with Crippen molar-refractivity contribution < 1.29 is 29.4 Å². The van der Waals surface area contributed by atoms with Crippen molar-refractivity contribution in [1.82, 2.24) is 4.90 Å². The van der Waals surface area contributed by atoms with Crippen molar-refractivity contribution in [2.45, 2.75) is 31.7 Å².